The number of benzene rings is 1. The molecule has 2 heteroatoms. The third kappa shape index (κ3) is 1.59. The minimum Gasteiger partial charge on any atom is -0.0880 e. The molecule has 1 heterocycles. The molecule has 0 bridgehead atoms. The lowest BCUT2D eigenvalue weighted by molar-refractivity contribution is 1.23. The SMILES string of the molecule is CC1=Cc2c(Br)cp(-c3ccccc3)c2C1. The van der Waals surface area contributed by atoms with Crippen molar-refractivity contribution < 1.29 is 0 Å². The van der Waals surface area contributed by atoms with Gasteiger partial charge < -0.3 is 0 Å². The van der Waals surface area contributed by atoms with Crippen molar-refractivity contribution in [2.75, 3.05) is 0 Å². The van der Waals surface area contributed by atoms with Crippen molar-refractivity contribution in [2.45, 2.75) is 13.3 Å². The summed E-state index contributed by atoms with van der Waals surface area (Å²) in [5.74, 6) is 2.39. The summed E-state index contributed by atoms with van der Waals surface area (Å²) in [5.41, 5.74) is 2.92. The zero-order valence-electron chi connectivity index (χ0n) is 9.07. The molecule has 0 spiro atoms. The van der Waals surface area contributed by atoms with Crippen LogP contribution >= 0.6 is 23.5 Å². The Bertz CT molecular complexity index is 564. The molecule has 0 N–H and O–H groups in total. The van der Waals surface area contributed by atoms with Gasteiger partial charge in [0.2, 0.25) is 0 Å². The minimum absolute atomic E-state index is 0.228. The van der Waals surface area contributed by atoms with E-state index >= 15 is 0 Å². The molecule has 0 fully saturated rings. The number of halogens is 1. The normalized spacial score (nSPS) is 14.9. The van der Waals surface area contributed by atoms with Crippen LogP contribution in [-0.2, 0) is 6.42 Å². The molecule has 1 atom stereocenters. The molecule has 80 valence electrons. The van der Waals surface area contributed by atoms with E-state index in [4.69, 9.17) is 0 Å². The second-order valence-electron chi connectivity index (χ2n) is 4.21. The van der Waals surface area contributed by atoms with E-state index in [2.05, 4.69) is 65.1 Å². The molecule has 1 aromatic heterocycles. The summed E-state index contributed by atoms with van der Waals surface area (Å²) >= 11 is 3.69. The third-order valence-corrected chi connectivity index (χ3v) is 6.33. The lowest BCUT2D eigenvalue weighted by Gasteiger charge is -2.03. The predicted octanol–water partition coefficient (Wildman–Crippen LogP) is 5.38. The summed E-state index contributed by atoms with van der Waals surface area (Å²) in [6.07, 6.45) is 3.47. The highest BCUT2D eigenvalue weighted by atomic mass is 79.9. The lowest BCUT2D eigenvalue weighted by atomic mass is 10.3. The molecule has 3 rings (SSSR count). The maximum atomic E-state index is 3.69. The molecule has 0 nitrogen and oxygen atoms in total. The minimum atomic E-state index is -0.228. The van der Waals surface area contributed by atoms with E-state index in [-0.39, 0.29) is 7.53 Å². The molecule has 1 aliphatic carbocycles. The first kappa shape index (κ1) is 10.4. The Labute approximate surface area is 105 Å². The standard InChI is InChI=1S/C14H12BrP/c1-10-7-12-13(15)9-16(14(12)8-10)11-5-3-2-4-6-11/h2-7,9H,8H2,1H3. The zero-order valence-corrected chi connectivity index (χ0v) is 11.6. The predicted molar refractivity (Wildman–Crippen MR) is 75.5 cm³/mol. The van der Waals surface area contributed by atoms with Gasteiger partial charge in [0.1, 0.15) is 0 Å². The van der Waals surface area contributed by atoms with Crippen molar-refractivity contribution in [2.24, 2.45) is 0 Å². The first-order valence-corrected chi connectivity index (χ1v) is 7.58. The smallest absolute Gasteiger partial charge is 0.0296 e. The summed E-state index contributed by atoms with van der Waals surface area (Å²) in [6, 6.07) is 10.8. The molecule has 0 amide bonds. The van der Waals surface area contributed by atoms with Gasteiger partial charge in [0, 0.05) is 4.47 Å². The van der Waals surface area contributed by atoms with Crippen LogP contribution in [0, 0.1) is 0 Å². The van der Waals surface area contributed by atoms with Gasteiger partial charge in [-0.2, -0.15) is 0 Å². The Hall–Kier alpha value is -0.780. The van der Waals surface area contributed by atoms with Gasteiger partial charge in [-0.3, -0.25) is 0 Å². The Balaban J connectivity index is 2.17. The summed E-state index contributed by atoms with van der Waals surface area (Å²) in [7, 11) is -0.228. The molecule has 2 aromatic rings. The van der Waals surface area contributed by atoms with Crippen molar-refractivity contribution in [3.63, 3.8) is 0 Å². The van der Waals surface area contributed by atoms with E-state index in [1.165, 1.54) is 20.9 Å². The van der Waals surface area contributed by atoms with Crippen molar-refractivity contribution >= 4 is 29.5 Å². The van der Waals surface area contributed by atoms with Crippen LogP contribution in [0.2, 0.25) is 0 Å². The number of hydrogen-bond donors (Lipinski definition) is 0. The van der Waals surface area contributed by atoms with Gasteiger partial charge in [-0.1, -0.05) is 49.5 Å². The summed E-state index contributed by atoms with van der Waals surface area (Å²) in [4.78, 5) is 0. The monoisotopic (exact) mass is 290 g/mol. The molecular weight excluding hydrogens is 279 g/mol. The van der Waals surface area contributed by atoms with Gasteiger partial charge in [-0.15, -0.1) is 0 Å². The highest BCUT2D eigenvalue weighted by molar-refractivity contribution is 9.10. The fourth-order valence-electron chi connectivity index (χ4n) is 2.24. The first-order valence-electron chi connectivity index (χ1n) is 5.38. The number of rotatable bonds is 1. The first-order chi connectivity index (χ1) is 7.75. The van der Waals surface area contributed by atoms with E-state index in [1.807, 2.05) is 0 Å². The molecule has 16 heavy (non-hydrogen) atoms. The van der Waals surface area contributed by atoms with Gasteiger partial charge in [0.25, 0.3) is 0 Å². The zero-order chi connectivity index (χ0) is 11.1. The average Bonchev–Trinajstić information content (AvgIpc) is 2.80. The van der Waals surface area contributed by atoms with E-state index in [1.54, 1.807) is 5.30 Å². The molecule has 1 unspecified atom stereocenters. The molecule has 0 saturated carbocycles. The maximum absolute atomic E-state index is 3.69. The summed E-state index contributed by atoms with van der Waals surface area (Å²) in [6.45, 7) is 2.22. The number of fused-ring (bicyclic) bond motifs is 1. The topological polar surface area (TPSA) is 0 Å². The molecule has 0 aliphatic heterocycles. The van der Waals surface area contributed by atoms with E-state index in [0.717, 1.165) is 6.42 Å². The van der Waals surface area contributed by atoms with Crippen molar-refractivity contribution in [1.29, 1.82) is 0 Å². The Kier molecular flexibility index (Phi) is 2.53. The fourth-order valence-corrected chi connectivity index (χ4v) is 5.70. The Morgan fingerprint density at radius 2 is 1.94 bits per heavy atom. The van der Waals surface area contributed by atoms with Crippen LogP contribution in [0.25, 0.3) is 11.4 Å². The molecule has 0 radical (unpaired) electrons. The molecule has 0 saturated heterocycles. The van der Waals surface area contributed by atoms with Crippen LogP contribution in [-0.4, -0.2) is 0 Å². The quantitative estimate of drug-likeness (QED) is 0.661. The number of hydrogen-bond acceptors (Lipinski definition) is 0. The molecule has 1 aromatic carbocycles. The van der Waals surface area contributed by atoms with Crippen LogP contribution in [0.5, 0.6) is 0 Å². The van der Waals surface area contributed by atoms with Gasteiger partial charge >= 0.3 is 0 Å². The van der Waals surface area contributed by atoms with E-state index in [0.29, 0.717) is 0 Å². The Morgan fingerprint density at radius 3 is 2.69 bits per heavy atom. The summed E-state index contributed by atoms with van der Waals surface area (Å²) < 4.78 is 1.29. The van der Waals surface area contributed by atoms with Crippen LogP contribution in [0.1, 0.15) is 17.8 Å². The van der Waals surface area contributed by atoms with Crippen LogP contribution < -0.4 is 0 Å². The highest BCUT2D eigenvalue weighted by Crippen LogP contribution is 2.52. The van der Waals surface area contributed by atoms with Crippen LogP contribution in [0.15, 0.2) is 46.2 Å². The Morgan fingerprint density at radius 1 is 1.19 bits per heavy atom. The van der Waals surface area contributed by atoms with Gasteiger partial charge in [-0.05, 0) is 51.2 Å². The fraction of sp³-hybridized carbons (Fsp3) is 0.143. The summed E-state index contributed by atoms with van der Waals surface area (Å²) in [5, 5.41) is 3.08. The van der Waals surface area contributed by atoms with Crippen LogP contribution in [0.3, 0.4) is 0 Å². The number of allylic oxidation sites excluding steroid dienone is 1. The second kappa shape index (κ2) is 3.91. The highest BCUT2D eigenvalue weighted by Gasteiger charge is 2.19. The van der Waals surface area contributed by atoms with Crippen molar-refractivity contribution in [1.82, 2.24) is 0 Å². The third-order valence-electron chi connectivity index (χ3n) is 2.97. The van der Waals surface area contributed by atoms with Crippen LogP contribution in [0.4, 0.5) is 0 Å². The van der Waals surface area contributed by atoms with Gasteiger partial charge in [0.05, 0.1) is 0 Å². The average molecular weight is 291 g/mol. The largest absolute Gasteiger partial charge is 0.0880 e. The van der Waals surface area contributed by atoms with Crippen molar-refractivity contribution in [3.8, 4) is 5.30 Å². The van der Waals surface area contributed by atoms with E-state index in [9.17, 15) is 0 Å². The second-order valence-corrected chi connectivity index (χ2v) is 7.12. The van der Waals surface area contributed by atoms with Gasteiger partial charge in [-0.25, -0.2) is 0 Å². The van der Waals surface area contributed by atoms with E-state index < -0.39 is 0 Å². The molecule has 1 aliphatic rings. The lowest BCUT2D eigenvalue weighted by Crippen LogP contribution is -1.76. The van der Waals surface area contributed by atoms with Crippen molar-refractivity contribution in [3.05, 3.63) is 57.0 Å². The maximum Gasteiger partial charge on any atom is 0.0296 e. The molecular formula is C14H12BrP. The van der Waals surface area contributed by atoms with Gasteiger partial charge in [0.15, 0.2) is 0 Å².